The summed E-state index contributed by atoms with van der Waals surface area (Å²) in [5.74, 6) is -0.420. The predicted octanol–water partition coefficient (Wildman–Crippen LogP) is 6.37. The maximum absolute atomic E-state index is 12.6. The van der Waals surface area contributed by atoms with Gasteiger partial charge in [-0.3, -0.25) is 5.26 Å². The van der Waals surface area contributed by atoms with Crippen LogP contribution in [-0.4, -0.2) is 16.8 Å². The highest BCUT2D eigenvalue weighted by molar-refractivity contribution is 5.88. The van der Waals surface area contributed by atoms with Crippen LogP contribution in [0.3, 0.4) is 0 Å². The van der Waals surface area contributed by atoms with Crippen molar-refractivity contribution in [2.45, 2.75) is 38.9 Å². The highest BCUT2D eigenvalue weighted by atomic mass is 17.1. The maximum atomic E-state index is 12.6. The molecule has 0 fully saturated rings. The van der Waals surface area contributed by atoms with Gasteiger partial charge in [-0.15, -0.1) is 0 Å². The van der Waals surface area contributed by atoms with E-state index in [0.717, 1.165) is 16.7 Å². The molecule has 0 spiro atoms. The fraction of sp³-hybridized carbons (Fsp3) is 0.222. The molecule has 0 aliphatic rings. The van der Waals surface area contributed by atoms with Crippen molar-refractivity contribution in [2.75, 3.05) is 0 Å². The van der Waals surface area contributed by atoms with Crippen molar-refractivity contribution < 1.29 is 19.7 Å². The van der Waals surface area contributed by atoms with Crippen LogP contribution in [0.4, 0.5) is 0 Å². The van der Waals surface area contributed by atoms with Gasteiger partial charge in [-0.2, -0.15) is 0 Å². The Kier molecular flexibility index (Phi) is 8.31. The summed E-state index contributed by atoms with van der Waals surface area (Å²) in [6, 6.07) is 29.4. The van der Waals surface area contributed by atoms with Gasteiger partial charge in [0, 0.05) is 22.3 Å². The lowest BCUT2D eigenvalue weighted by Crippen LogP contribution is -2.35. The summed E-state index contributed by atoms with van der Waals surface area (Å²) >= 11 is 0. The summed E-state index contributed by atoms with van der Waals surface area (Å²) in [6.45, 7) is 10.7. The van der Waals surface area contributed by atoms with Crippen LogP contribution in [0.2, 0.25) is 0 Å². The second kappa shape index (κ2) is 10.7. The Hall–Kier alpha value is -3.21. The van der Waals surface area contributed by atoms with Crippen molar-refractivity contribution in [2.24, 2.45) is 0 Å². The van der Waals surface area contributed by atoms with Gasteiger partial charge >= 0.3 is 5.97 Å². The SMILES string of the molecule is C=C(C)C(=O)OC(c1ccccc1)(c1ccccc1)c1ccccc1.CC(C)(C)OO. The molecule has 0 heterocycles. The summed E-state index contributed by atoms with van der Waals surface area (Å²) in [6.07, 6.45) is 0. The first kappa shape index (κ1) is 24.1. The van der Waals surface area contributed by atoms with Crippen molar-refractivity contribution in [1.29, 1.82) is 0 Å². The van der Waals surface area contributed by atoms with Gasteiger partial charge in [-0.05, 0) is 27.7 Å². The molecule has 4 heteroatoms. The lowest BCUT2D eigenvalue weighted by Gasteiger charge is -2.35. The number of carbonyl (C=O) groups is 1. The second-order valence-electron chi connectivity index (χ2n) is 8.15. The van der Waals surface area contributed by atoms with E-state index in [9.17, 15) is 4.79 Å². The highest BCUT2D eigenvalue weighted by Gasteiger charge is 2.40. The fourth-order valence-corrected chi connectivity index (χ4v) is 2.92. The first-order valence-corrected chi connectivity index (χ1v) is 10.1. The Labute approximate surface area is 184 Å². The van der Waals surface area contributed by atoms with Crippen molar-refractivity contribution in [3.63, 3.8) is 0 Å². The Morgan fingerprint density at radius 1 is 0.742 bits per heavy atom. The van der Waals surface area contributed by atoms with Crippen LogP contribution in [0, 0.1) is 0 Å². The zero-order valence-electron chi connectivity index (χ0n) is 18.5. The van der Waals surface area contributed by atoms with Gasteiger partial charge in [0.2, 0.25) is 0 Å². The van der Waals surface area contributed by atoms with Crippen LogP contribution in [0.5, 0.6) is 0 Å². The molecule has 3 aromatic carbocycles. The third-order valence-electron chi connectivity index (χ3n) is 4.41. The van der Waals surface area contributed by atoms with E-state index in [1.807, 2.05) is 91.0 Å². The number of ether oxygens (including phenoxy) is 1. The molecule has 4 nitrogen and oxygen atoms in total. The Morgan fingerprint density at radius 2 is 1.03 bits per heavy atom. The van der Waals surface area contributed by atoms with Crippen LogP contribution in [0.15, 0.2) is 103 Å². The molecule has 0 atom stereocenters. The second-order valence-corrected chi connectivity index (χ2v) is 8.15. The summed E-state index contributed by atoms with van der Waals surface area (Å²) in [7, 11) is 0. The number of benzene rings is 3. The van der Waals surface area contributed by atoms with Crippen molar-refractivity contribution in [1.82, 2.24) is 0 Å². The zero-order valence-corrected chi connectivity index (χ0v) is 18.5. The molecule has 162 valence electrons. The van der Waals surface area contributed by atoms with Gasteiger partial charge in [0.1, 0.15) is 0 Å². The van der Waals surface area contributed by atoms with Crippen molar-refractivity contribution in [3.8, 4) is 0 Å². The summed E-state index contributed by atoms with van der Waals surface area (Å²) in [4.78, 5) is 16.5. The summed E-state index contributed by atoms with van der Waals surface area (Å²) < 4.78 is 6.12. The molecule has 0 aliphatic carbocycles. The zero-order chi connectivity index (χ0) is 22.9. The van der Waals surface area contributed by atoms with Gasteiger partial charge in [-0.1, -0.05) is 97.6 Å². The molecule has 3 aromatic rings. The smallest absolute Gasteiger partial charge is 0.334 e. The van der Waals surface area contributed by atoms with E-state index in [1.54, 1.807) is 27.7 Å². The summed E-state index contributed by atoms with van der Waals surface area (Å²) in [5, 5.41) is 7.90. The van der Waals surface area contributed by atoms with E-state index in [1.165, 1.54) is 0 Å². The molecular weight excluding hydrogens is 388 g/mol. The molecule has 0 saturated heterocycles. The van der Waals surface area contributed by atoms with Crippen LogP contribution >= 0.6 is 0 Å². The minimum atomic E-state index is -1.03. The van der Waals surface area contributed by atoms with E-state index in [-0.39, 0.29) is 0 Å². The number of hydrogen-bond acceptors (Lipinski definition) is 4. The number of esters is 1. The number of carbonyl (C=O) groups excluding carboxylic acids is 1. The average molecular weight is 419 g/mol. The van der Waals surface area contributed by atoms with Gasteiger partial charge in [-0.25, -0.2) is 9.68 Å². The Morgan fingerprint density at radius 3 is 1.26 bits per heavy atom. The molecule has 0 aromatic heterocycles. The molecular formula is C27H30O4. The molecule has 0 unspecified atom stereocenters. The Balaban J connectivity index is 0.000000501. The first-order valence-electron chi connectivity index (χ1n) is 10.1. The lowest BCUT2D eigenvalue weighted by molar-refractivity contribution is -0.306. The molecule has 31 heavy (non-hydrogen) atoms. The third-order valence-corrected chi connectivity index (χ3v) is 4.41. The van der Waals surface area contributed by atoms with Gasteiger partial charge in [0.25, 0.3) is 0 Å². The van der Waals surface area contributed by atoms with E-state index >= 15 is 0 Å². The minimum absolute atomic E-state index is 0.368. The third kappa shape index (κ3) is 6.38. The van der Waals surface area contributed by atoms with Crippen LogP contribution in [-0.2, 0) is 20.0 Å². The van der Waals surface area contributed by atoms with Gasteiger partial charge < -0.3 is 4.74 Å². The van der Waals surface area contributed by atoms with E-state index in [4.69, 9.17) is 9.99 Å². The van der Waals surface area contributed by atoms with E-state index in [0.29, 0.717) is 5.57 Å². The molecule has 1 N–H and O–H groups in total. The normalized spacial score (nSPS) is 11.1. The predicted molar refractivity (Wildman–Crippen MR) is 124 cm³/mol. The Bertz CT molecular complexity index is 862. The van der Waals surface area contributed by atoms with Crippen LogP contribution in [0.25, 0.3) is 0 Å². The largest absolute Gasteiger partial charge is 0.441 e. The lowest BCUT2D eigenvalue weighted by atomic mass is 9.80. The van der Waals surface area contributed by atoms with Crippen molar-refractivity contribution >= 4 is 5.97 Å². The monoisotopic (exact) mass is 418 g/mol. The highest BCUT2D eigenvalue weighted by Crippen LogP contribution is 2.40. The standard InChI is InChI=1S/C23H20O2.C4H10O2/c1-18(2)22(24)25-23(19-12-6-3-7-13-19,20-14-8-4-9-15-20)21-16-10-5-11-17-21;1-4(2,3)6-5/h3-17H,1H2,2H3;5H,1-3H3. The van der Waals surface area contributed by atoms with Crippen molar-refractivity contribution in [3.05, 3.63) is 120 Å². The maximum Gasteiger partial charge on any atom is 0.334 e. The fourth-order valence-electron chi connectivity index (χ4n) is 2.92. The van der Waals surface area contributed by atoms with Gasteiger partial charge in [0.15, 0.2) is 5.60 Å². The summed E-state index contributed by atoms with van der Waals surface area (Å²) in [5.41, 5.74) is 1.61. The molecule has 0 radical (unpaired) electrons. The number of rotatable bonds is 5. The first-order chi connectivity index (χ1) is 14.7. The minimum Gasteiger partial charge on any atom is -0.441 e. The van der Waals surface area contributed by atoms with E-state index in [2.05, 4.69) is 11.5 Å². The van der Waals surface area contributed by atoms with Crippen LogP contribution in [0.1, 0.15) is 44.4 Å². The molecule has 0 amide bonds. The topological polar surface area (TPSA) is 55.8 Å². The van der Waals surface area contributed by atoms with Gasteiger partial charge in [0.05, 0.1) is 5.60 Å². The molecule has 0 saturated carbocycles. The average Bonchev–Trinajstić information content (AvgIpc) is 2.79. The quantitative estimate of drug-likeness (QED) is 0.172. The molecule has 3 rings (SSSR count). The molecule has 0 bridgehead atoms. The van der Waals surface area contributed by atoms with Crippen LogP contribution < -0.4 is 0 Å². The molecule has 0 aliphatic heterocycles. The van der Waals surface area contributed by atoms with E-state index < -0.39 is 17.2 Å². The number of hydrogen-bond donors (Lipinski definition) is 1.